The predicted octanol–water partition coefficient (Wildman–Crippen LogP) is 4.06. The molecule has 0 spiro atoms. The monoisotopic (exact) mass is 386 g/mol. The Balaban J connectivity index is 2.36. The zero-order valence-electron chi connectivity index (χ0n) is 13.4. The molecule has 0 aliphatic rings. The molecular formula is C18H14N2O4S2. The number of nitrogens with zero attached hydrogens (tertiary/aromatic N) is 1. The molecule has 0 saturated heterocycles. The fraction of sp³-hybridized carbons (Fsp3) is 0. The average molecular weight is 386 g/mol. The number of rotatable bonds is 5. The van der Waals surface area contributed by atoms with Crippen molar-refractivity contribution in [2.45, 2.75) is 14.7 Å². The number of hydrogen-bond acceptors (Lipinski definition) is 5. The van der Waals surface area contributed by atoms with Crippen LogP contribution in [0.15, 0.2) is 87.5 Å². The van der Waals surface area contributed by atoms with Gasteiger partial charge in [-0.3, -0.25) is 10.1 Å². The summed E-state index contributed by atoms with van der Waals surface area (Å²) in [7, 11) is -4.07. The molecule has 3 rings (SSSR count). The third-order valence-corrected chi connectivity index (χ3v) is 5.71. The van der Waals surface area contributed by atoms with Gasteiger partial charge in [0, 0.05) is 16.5 Å². The van der Waals surface area contributed by atoms with Crippen LogP contribution in [-0.4, -0.2) is 13.3 Å². The van der Waals surface area contributed by atoms with Gasteiger partial charge in [-0.25, -0.2) is 13.6 Å². The summed E-state index contributed by atoms with van der Waals surface area (Å²) in [4.78, 5) is 11.9. The van der Waals surface area contributed by atoms with Gasteiger partial charge in [0.1, 0.15) is 0 Å². The number of hydrogen-bond donors (Lipinski definition) is 1. The van der Waals surface area contributed by atoms with E-state index in [1.54, 1.807) is 54.6 Å². The van der Waals surface area contributed by atoms with Crippen molar-refractivity contribution < 1.29 is 13.3 Å². The maximum atomic E-state index is 12.1. The molecule has 0 amide bonds. The van der Waals surface area contributed by atoms with Gasteiger partial charge in [-0.2, -0.15) is 0 Å². The molecule has 0 aromatic heterocycles. The lowest BCUT2D eigenvalue weighted by molar-refractivity contribution is -0.387. The first-order valence-corrected chi connectivity index (χ1v) is 9.87. The van der Waals surface area contributed by atoms with Crippen LogP contribution in [0.1, 0.15) is 0 Å². The fourth-order valence-corrected chi connectivity index (χ4v) is 4.46. The van der Waals surface area contributed by atoms with Crippen LogP contribution in [0.25, 0.3) is 11.1 Å². The Hall–Kier alpha value is -2.68. The predicted molar refractivity (Wildman–Crippen MR) is 100 cm³/mol. The molecule has 0 atom stereocenters. The Morgan fingerprint density at radius 2 is 1.46 bits per heavy atom. The van der Waals surface area contributed by atoms with Gasteiger partial charge < -0.3 is 0 Å². The summed E-state index contributed by atoms with van der Waals surface area (Å²) in [6.07, 6.45) is 0. The van der Waals surface area contributed by atoms with Gasteiger partial charge in [0.15, 0.2) is 0 Å². The van der Waals surface area contributed by atoms with E-state index in [-0.39, 0.29) is 21.0 Å². The van der Waals surface area contributed by atoms with Crippen molar-refractivity contribution in [2.24, 2.45) is 5.14 Å². The van der Waals surface area contributed by atoms with Crippen LogP contribution in [0, 0.1) is 10.1 Å². The van der Waals surface area contributed by atoms with E-state index in [2.05, 4.69) is 0 Å². The van der Waals surface area contributed by atoms with Crippen molar-refractivity contribution in [1.29, 1.82) is 0 Å². The van der Waals surface area contributed by atoms with Crippen LogP contribution >= 0.6 is 11.8 Å². The highest BCUT2D eigenvalue weighted by atomic mass is 32.2. The second-order valence-corrected chi connectivity index (χ2v) is 7.98. The van der Waals surface area contributed by atoms with Crippen molar-refractivity contribution >= 4 is 27.5 Å². The first-order valence-electron chi connectivity index (χ1n) is 7.50. The Morgan fingerprint density at radius 3 is 2.00 bits per heavy atom. The minimum absolute atomic E-state index is 0.146. The van der Waals surface area contributed by atoms with E-state index in [0.29, 0.717) is 5.56 Å². The minimum Gasteiger partial charge on any atom is -0.258 e. The summed E-state index contributed by atoms with van der Waals surface area (Å²) in [5.74, 6) is 0. The Bertz CT molecular complexity index is 1050. The number of nitro benzene ring substituents is 1. The fourth-order valence-electron chi connectivity index (χ4n) is 2.52. The number of nitrogens with two attached hydrogens (primary N) is 1. The van der Waals surface area contributed by atoms with Crippen LogP contribution in [0.5, 0.6) is 0 Å². The van der Waals surface area contributed by atoms with Crippen LogP contribution in [0.2, 0.25) is 0 Å². The Labute approximate surface area is 154 Å². The Morgan fingerprint density at radius 1 is 0.885 bits per heavy atom. The molecule has 0 unspecified atom stereocenters. The maximum absolute atomic E-state index is 12.1. The van der Waals surface area contributed by atoms with Gasteiger partial charge in [0.05, 0.1) is 14.7 Å². The second-order valence-electron chi connectivity index (χ2n) is 5.37. The molecule has 0 aliphatic carbocycles. The van der Waals surface area contributed by atoms with Crippen molar-refractivity contribution in [3.05, 3.63) is 82.9 Å². The summed E-state index contributed by atoms with van der Waals surface area (Å²) in [6.45, 7) is 0. The van der Waals surface area contributed by atoms with Gasteiger partial charge in [0.2, 0.25) is 10.0 Å². The average Bonchev–Trinajstić information content (AvgIpc) is 2.62. The van der Waals surface area contributed by atoms with Gasteiger partial charge in [-0.05, 0) is 23.8 Å². The second kappa shape index (κ2) is 7.28. The van der Waals surface area contributed by atoms with E-state index >= 15 is 0 Å². The zero-order valence-corrected chi connectivity index (χ0v) is 15.0. The molecule has 0 bridgehead atoms. The van der Waals surface area contributed by atoms with Gasteiger partial charge in [-0.1, -0.05) is 60.3 Å². The molecule has 8 heteroatoms. The lowest BCUT2D eigenvalue weighted by Gasteiger charge is -2.14. The highest BCUT2D eigenvalue weighted by molar-refractivity contribution is 7.99. The SMILES string of the molecule is NS(=O)(=O)c1ccc([N+](=O)[O-])c(Sc2ccccc2)c1-c1ccccc1. The van der Waals surface area contributed by atoms with Crippen LogP contribution in [0.4, 0.5) is 5.69 Å². The van der Waals surface area contributed by atoms with E-state index in [1.807, 2.05) is 6.07 Å². The molecule has 0 fully saturated rings. The van der Waals surface area contributed by atoms with Crippen LogP contribution < -0.4 is 5.14 Å². The number of benzene rings is 3. The summed E-state index contributed by atoms with van der Waals surface area (Å²) in [6, 6.07) is 20.0. The molecule has 0 aliphatic heterocycles. The molecule has 0 heterocycles. The lowest BCUT2D eigenvalue weighted by atomic mass is 10.0. The van der Waals surface area contributed by atoms with E-state index in [4.69, 9.17) is 5.14 Å². The van der Waals surface area contributed by atoms with Crippen LogP contribution in [0.3, 0.4) is 0 Å². The van der Waals surface area contributed by atoms with Gasteiger partial charge in [-0.15, -0.1) is 0 Å². The van der Waals surface area contributed by atoms with Crippen molar-refractivity contribution in [3.63, 3.8) is 0 Å². The summed E-state index contributed by atoms with van der Waals surface area (Å²) < 4.78 is 24.2. The molecule has 132 valence electrons. The highest BCUT2D eigenvalue weighted by Crippen LogP contribution is 2.44. The highest BCUT2D eigenvalue weighted by Gasteiger charge is 2.27. The first kappa shape index (κ1) is 18.1. The number of sulfonamides is 1. The molecule has 0 radical (unpaired) electrons. The van der Waals surface area contributed by atoms with E-state index in [1.165, 1.54) is 12.1 Å². The first-order chi connectivity index (χ1) is 12.4. The maximum Gasteiger partial charge on any atom is 0.283 e. The molecule has 26 heavy (non-hydrogen) atoms. The Kier molecular flexibility index (Phi) is 5.08. The van der Waals surface area contributed by atoms with Gasteiger partial charge in [0.25, 0.3) is 5.69 Å². The third kappa shape index (κ3) is 3.77. The lowest BCUT2D eigenvalue weighted by Crippen LogP contribution is -2.14. The van der Waals surface area contributed by atoms with Crippen molar-refractivity contribution in [3.8, 4) is 11.1 Å². The number of nitro groups is 1. The molecule has 0 saturated carbocycles. The number of primary sulfonamides is 1. The summed E-state index contributed by atoms with van der Waals surface area (Å²) >= 11 is 1.13. The molecule has 6 nitrogen and oxygen atoms in total. The van der Waals surface area contributed by atoms with Crippen molar-refractivity contribution in [1.82, 2.24) is 0 Å². The topological polar surface area (TPSA) is 103 Å². The minimum atomic E-state index is -4.07. The van der Waals surface area contributed by atoms with E-state index < -0.39 is 14.9 Å². The quantitative estimate of drug-likeness (QED) is 0.526. The van der Waals surface area contributed by atoms with E-state index in [0.717, 1.165) is 16.7 Å². The van der Waals surface area contributed by atoms with E-state index in [9.17, 15) is 18.5 Å². The molecule has 2 N–H and O–H groups in total. The molecule has 3 aromatic rings. The summed E-state index contributed by atoms with van der Waals surface area (Å²) in [5.41, 5.74) is 0.597. The van der Waals surface area contributed by atoms with Crippen LogP contribution in [-0.2, 0) is 10.0 Å². The normalized spacial score (nSPS) is 11.3. The van der Waals surface area contributed by atoms with Gasteiger partial charge >= 0.3 is 0 Å². The third-order valence-electron chi connectivity index (χ3n) is 3.63. The molecule has 3 aromatic carbocycles. The standard InChI is InChI=1S/C18H14N2O4S2/c19-26(23,24)16-12-11-15(20(21)22)18(25-14-9-5-2-6-10-14)17(16)13-7-3-1-4-8-13/h1-12H,(H2,19,23,24). The smallest absolute Gasteiger partial charge is 0.258 e. The largest absolute Gasteiger partial charge is 0.283 e. The zero-order chi connectivity index (χ0) is 18.7. The summed E-state index contributed by atoms with van der Waals surface area (Å²) in [5, 5.41) is 16.9. The van der Waals surface area contributed by atoms with Crippen molar-refractivity contribution in [2.75, 3.05) is 0 Å². The molecular weight excluding hydrogens is 372 g/mol.